The highest BCUT2D eigenvalue weighted by molar-refractivity contribution is 5.53. The first-order valence-corrected chi connectivity index (χ1v) is 7.04. The summed E-state index contributed by atoms with van der Waals surface area (Å²) in [6.07, 6.45) is 3.78. The second-order valence-corrected chi connectivity index (χ2v) is 5.41. The fraction of sp³-hybridized carbons (Fsp3) is 0.412. The zero-order valence-corrected chi connectivity index (χ0v) is 12.0. The third-order valence-corrected chi connectivity index (χ3v) is 3.39. The third kappa shape index (κ3) is 3.88. The Kier molecular flexibility index (Phi) is 4.67. The standard InChI is InChI=1S/C17H23NO/c1-13(2)16-8-4-5-9-17(16)18-14(3)10-11-15-7-6-12-19-15/h4-9,12-14,18H,10-11H2,1-3H3. The van der Waals surface area contributed by atoms with Gasteiger partial charge in [-0.15, -0.1) is 0 Å². The summed E-state index contributed by atoms with van der Waals surface area (Å²) < 4.78 is 5.37. The maximum absolute atomic E-state index is 5.37. The quantitative estimate of drug-likeness (QED) is 0.801. The van der Waals surface area contributed by atoms with Gasteiger partial charge in [0, 0.05) is 18.2 Å². The van der Waals surface area contributed by atoms with Crippen LogP contribution < -0.4 is 5.32 Å². The molecule has 0 aliphatic heterocycles. The van der Waals surface area contributed by atoms with E-state index in [2.05, 4.69) is 50.4 Å². The van der Waals surface area contributed by atoms with Crippen LogP contribution in [0.4, 0.5) is 5.69 Å². The zero-order valence-electron chi connectivity index (χ0n) is 12.0. The van der Waals surface area contributed by atoms with E-state index in [1.807, 2.05) is 12.1 Å². The highest BCUT2D eigenvalue weighted by Gasteiger charge is 2.09. The van der Waals surface area contributed by atoms with Crippen LogP contribution in [0.2, 0.25) is 0 Å². The van der Waals surface area contributed by atoms with Gasteiger partial charge in [-0.2, -0.15) is 0 Å². The fourth-order valence-corrected chi connectivity index (χ4v) is 2.28. The molecule has 0 saturated heterocycles. The first kappa shape index (κ1) is 13.7. The number of para-hydroxylation sites is 1. The molecule has 1 heterocycles. The second-order valence-electron chi connectivity index (χ2n) is 5.41. The van der Waals surface area contributed by atoms with E-state index >= 15 is 0 Å². The molecule has 0 fully saturated rings. The van der Waals surface area contributed by atoms with E-state index in [0.29, 0.717) is 12.0 Å². The zero-order chi connectivity index (χ0) is 13.7. The molecule has 1 unspecified atom stereocenters. The van der Waals surface area contributed by atoms with Crippen LogP contribution in [0.25, 0.3) is 0 Å². The topological polar surface area (TPSA) is 25.2 Å². The smallest absolute Gasteiger partial charge is 0.103 e. The van der Waals surface area contributed by atoms with Crippen LogP contribution in [0.1, 0.15) is 44.4 Å². The van der Waals surface area contributed by atoms with Crippen LogP contribution in [0, 0.1) is 0 Å². The van der Waals surface area contributed by atoms with Crippen molar-refractivity contribution < 1.29 is 4.42 Å². The van der Waals surface area contributed by atoms with Crippen molar-refractivity contribution in [1.29, 1.82) is 0 Å². The van der Waals surface area contributed by atoms with Gasteiger partial charge in [0.25, 0.3) is 0 Å². The number of nitrogens with one attached hydrogen (secondary N) is 1. The Morgan fingerprint density at radius 1 is 1.05 bits per heavy atom. The molecule has 102 valence electrons. The lowest BCUT2D eigenvalue weighted by Gasteiger charge is -2.19. The summed E-state index contributed by atoms with van der Waals surface area (Å²) in [6.45, 7) is 6.68. The van der Waals surface area contributed by atoms with Gasteiger partial charge in [-0.3, -0.25) is 0 Å². The van der Waals surface area contributed by atoms with E-state index in [1.165, 1.54) is 11.3 Å². The first-order chi connectivity index (χ1) is 9.16. The summed E-state index contributed by atoms with van der Waals surface area (Å²) in [5, 5.41) is 3.61. The predicted octanol–water partition coefficient (Wildman–Crippen LogP) is 4.84. The largest absolute Gasteiger partial charge is 0.469 e. The molecule has 19 heavy (non-hydrogen) atoms. The lowest BCUT2D eigenvalue weighted by molar-refractivity contribution is 0.495. The van der Waals surface area contributed by atoms with Gasteiger partial charge < -0.3 is 9.73 Å². The number of furan rings is 1. The predicted molar refractivity (Wildman–Crippen MR) is 80.6 cm³/mol. The van der Waals surface area contributed by atoms with Gasteiger partial charge in [-0.1, -0.05) is 32.0 Å². The van der Waals surface area contributed by atoms with E-state index in [4.69, 9.17) is 4.42 Å². The maximum atomic E-state index is 5.37. The molecule has 2 nitrogen and oxygen atoms in total. The Balaban J connectivity index is 1.93. The first-order valence-electron chi connectivity index (χ1n) is 7.04. The molecule has 1 aromatic carbocycles. The number of hydrogen-bond donors (Lipinski definition) is 1. The van der Waals surface area contributed by atoms with Crippen LogP contribution in [0.5, 0.6) is 0 Å². The molecule has 1 aromatic heterocycles. The molecule has 1 N–H and O–H groups in total. The van der Waals surface area contributed by atoms with Gasteiger partial charge in [-0.25, -0.2) is 0 Å². The minimum absolute atomic E-state index is 0.435. The van der Waals surface area contributed by atoms with Crippen molar-refractivity contribution in [3.05, 3.63) is 54.0 Å². The molecular formula is C17H23NO. The molecule has 0 spiro atoms. The Bertz CT molecular complexity index is 488. The van der Waals surface area contributed by atoms with Crippen molar-refractivity contribution in [2.75, 3.05) is 5.32 Å². The van der Waals surface area contributed by atoms with Gasteiger partial charge in [0.05, 0.1) is 6.26 Å². The summed E-state index contributed by atoms with van der Waals surface area (Å²) in [7, 11) is 0. The van der Waals surface area contributed by atoms with E-state index in [1.54, 1.807) is 6.26 Å². The van der Waals surface area contributed by atoms with Crippen molar-refractivity contribution in [3.63, 3.8) is 0 Å². The van der Waals surface area contributed by atoms with E-state index in [-0.39, 0.29) is 0 Å². The van der Waals surface area contributed by atoms with Crippen molar-refractivity contribution in [1.82, 2.24) is 0 Å². The minimum Gasteiger partial charge on any atom is -0.469 e. The SMILES string of the molecule is CC(CCc1ccco1)Nc1ccccc1C(C)C. The number of rotatable bonds is 6. The van der Waals surface area contributed by atoms with Crippen LogP contribution in [0.3, 0.4) is 0 Å². The maximum Gasteiger partial charge on any atom is 0.103 e. The molecule has 0 radical (unpaired) electrons. The molecule has 0 saturated carbocycles. The van der Waals surface area contributed by atoms with E-state index in [0.717, 1.165) is 18.6 Å². The molecule has 2 heteroatoms. The molecule has 1 atom stereocenters. The molecule has 0 amide bonds. The Hall–Kier alpha value is -1.70. The summed E-state index contributed by atoms with van der Waals surface area (Å²) >= 11 is 0. The van der Waals surface area contributed by atoms with Crippen LogP contribution in [-0.4, -0.2) is 6.04 Å². The molecular weight excluding hydrogens is 234 g/mol. The van der Waals surface area contributed by atoms with Crippen molar-refractivity contribution in [2.24, 2.45) is 0 Å². The van der Waals surface area contributed by atoms with Gasteiger partial charge in [0.15, 0.2) is 0 Å². The van der Waals surface area contributed by atoms with Crippen molar-refractivity contribution in [2.45, 2.75) is 45.6 Å². The molecule has 2 rings (SSSR count). The Morgan fingerprint density at radius 2 is 1.84 bits per heavy atom. The minimum atomic E-state index is 0.435. The summed E-state index contributed by atoms with van der Waals surface area (Å²) in [5.41, 5.74) is 2.64. The number of benzene rings is 1. The van der Waals surface area contributed by atoms with Gasteiger partial charge in [0.1, 0.15) is 5.76 Å². The summed E-state index contributed by atoms with van der Waals surface area (Å²) in [5.74, 6) is 1.60. The third-order valence-electron chi connectivity index (χ3n) is 3.39. The molecule has 0 aliphatic rings. The number of aryl methyl sites for hydroxylation is 1. The monoisotopic (exact) mass is 257 g/mol. The second kappa shape index (κ2) is 6.46. The Morgan fingerprint density at radius 3 is 2.53 bits per heavy atom. The van der Waals surface area contributed by atoms with E-state index < -0.39 is 0 Å². The average molecular weight is 257 g/mol. The highest BCUT2D eigenvalue weighted by atomic mass is 16.3. The van der Waals surface area contributed by atoms with Crippen molar-refractivity contribution in [3.8, 4) is 0 Å². The highest BCUT2D eigenvalue weighted by Crippen LogP contribution is 2.24. The summed E-state index contributed by atoms with van der Waals surface area (Å²) in [6, 6.07) is 13.0. The lowest BCUT2D eigenvalue weighted by atomic mass is 10.0. The fourth-order valence-electron chi connectivity index (χ4n) is 2.28. The van der Waals surface area contributed by atoms with Crippen LogP contribution >= 0.6 is 0 Å². The van der Waals surface area contributed by atoms with Crippen LogP contribution in [0.15, 0.2) is 47.1 Å². The van der Waals surface area contributed by atoms with Gasteiger partial charge in [0.2, 0.25) is 0 Å². The molecule has 2 aromatic rings. The van der Waals surface area contributed by atoms with Gasteiger partial charge in [-0.05, 0) is 43.0 Å². The molecule has 0 bridgehead atoms. The van der Waals surface area contributed by atoms with E-state index in [9.17, 15) is 0 Å². The van der Waals surface area contributed by atoms with Crippen molar-refractivity contribution >= 4 is 5.69 Å². The normalized spacial score (nSPS) is 12.6. The number of hydrogen-bond acceptors (Lipinski definition) is 2. The van der Waals surface area contributed by atoms with Gasteiger partial charge >= 0.3 is 0 Å². The summed E-state index contributed by atoms with van der Waals surface area (Å²) in [4.78, 5) is 0. The number of anilines is 1. The molecule has 0 aliphatic carbocycles. The Labute approximate surface area is 115 Å². The lowest BCUT2D eigenvalue weighted by Crippen LogP contribution is -2.17. The van der Waals surface area contributed by atoms with Crippen LogP contribution in [-0.2, 0) is 6.42 Å². The average Bonchev–Trinajstić information content (AvgIpc) is 2.90.